The molecule has 1 atom stereocenters. The Morgan fingerprint density at radius 2 is 1.44 bits per heavy atom. The second-order valence-electron chi connectivity index (χ2n) is 8.54. The van der Waals surface area contributed by atoms with Crippen LogP contribution in [0.1, 0.15) is 22.8 Å². The highest BCUT2D eigenvalue weighted by molar-refractivity contribution is 6.01. The first-order valence-corrected chi connectivity index (χ1v) is 11.9. The number of piperazine rings is 1. The Morgan fingerprint density at radius 3 is 2.06 bits per heavy atom. The molecule has 2 amide bonds. The second kappa shape index (κ2) is 11.5. The van der Waals surface area contributed by atoms with Crippen LogP contribution in [0.15, 0.2) is 84.9 Å². The lowest BCUT2D eigenvalue weighted by atomic mass is 10.0. The van der Waals surface area contributed by atoms with E-state index < -0.39 is 6.04 Å². The summed E-state index contributed by atoms with van der Waals surface area (Å²) in [7, 11) is 0. The zero-order valence-corrected chi connectivity index (χ0v) is 19.6. The van der Waals surface area contributed by atoms with Crippen molar-refractivity contribution >= 4 is 23.2 Å². The van der Waals surface area contributed by atoms with Crippen molar-refractivity contribution in [1.82, 2.24) is 10.2 Å². The van der Waals surface area contributed by atoms with E-state index in [-0.39, 0.29) is 11.8 Å². The number of carbonyl (C=O) groups excluding carboxylic acids is 2. The monoisotopic (exact) mass is 456 g/mol. The maximum Gasteiger partial charge on any atom is 0.251 e. The third-order valence-corrected chi connectivity index (χ3v) is 6.26. The zero-order valence-electron chi connectivity index (χ0n) is 19.6. The Kier molecular flexibility index (Phi) is 7.94. The third-order valence-electron chi connectivity index (χ3n) is 6.26. The zero-order chi connectivity index (χ0) is 23.8. The van der Waals surface area contributed by atoms with Crippen molar-refractivity contribution in [3.63, 3.8) is 0 Å². The van der Waals surface area contributed by atoms with E-state index in [1.807, 2.05) is 72.8 Å². The van der Waals surface area contributed by atoms with Gasteiger partial charge in [-0.3, -0.25) is 9.59 Å². The van der Waals surface area contributed by atoms with Crippen molar-refractivity contribution in [2.24, 2.45) is 0 Å². The molecule has 6 heteroatoms. The summed E-state index contributed by atoms with van der Waals surface area (Å²) in [6, 6.07) is 25.9. The standard InChI is InChI=1S/C28H32N4O2/c1-2-31-17-19-32(20-18-31)25-15-13-24(14-16-25)29-28(34)26(21-22-9-5-3-6-10-22)30-27(33)23-11-7-4-8-12-23/h3-16,26H,2,17-21H2,1H3,(H,29,34)(H,30,33)/t26-/m1/s1. The van der Waals surface area contributed by atoms with Gasteiger partial charge in [0.1, 0.15) is 6.04 Å². The van der Waals surface area contributed by atoms with Gasteiger partial charge in [-0.05, 0) is 48.5 Å². The smallest absolute Gasteiger partial charge is 0.251 e. The van der Waals surface area contributed by atoms with Gasteiger partial charge in [-0.2, -0.15) is 0 Å². The summed E-state index contributed by atoms with van der Waals surface area (Å²) in [5, 5.41) is 5.90. The van der Waals surface area contributed by atoms with Crippen LogP contribution in [0.2, 0.25) is 0 Å². The molecule has 0 aromatic heterocycles. The van der Waals surface area contributed by atoms with Gasteiger partial charge in [0.2, 0.25) is 5.91 Å². The van der Waals surface area contributed by atoms with Gasteiger partial charge in [0.05, 0.1) is 0 Å². The van der Waals surface area contributed by atoms with Crippen LogP contribution in [0.3, 0.4) is 0 Å². The van der Waals surface area contributed by atoms with Crippen LogP contribution in [0.4, 0.5) is 11.4 Å². The highest BCUT2D eigenvalue weighted by Gasteiger charge is 2.22. The first-order valence-electron chi connectivity index (χ1n) is 11.9. The molecule has 3 aromatic rings. The van der Waals surface area contributed by atoms with Crippen molar-refractivity contribution in [2.75, 3.05) is 42.9 Å². The maximum atomic E-state index is 13.2. The van der Waals surface area contributed by atoms with Gasteiger partial charge in [-0.25, -0.2) is 0 Å². The maximum absolute atomic E-state index is 13.2. The van der Waals surface area contributed by atoms with E-state index in [1.165, 1.54) is 0 Å². The summed E-state index contributed by atoms with van der Waals surface area (Å²) in [5.41, 5.74) is 3.39. The summed E-state index contributed by atoms with van der Waals surface area (Å²) in [6.45, 7) is 7.42. The van der Waals surface area contributed by atoms with Crippen molar-refractivity contribution in [3.8, 4) is 0 Å². The van der Waals surface area contributed by atoms with Crippen molar-refractivity contribution in [3.05, 3.63) is 96.1 Å². The van der Waals surface area contributed by atoms with Gasteiger partial charge in [0, 0.05) is 49.5 Å². The fourth-order valence-corrected chi connectivity index (χ4v) is 4.20. The second-order valence-corrected chi connectivity index (χ2v) is 8.54. The number of carbonyl (C=O) groups is 2. The summed E-state index contributed by atoms with van der Waals surface area (Å²) in [6.07, 6.45) is 0.408. The van der Waals surface area contributed by atoms with Gasteiger partial charge in [0.15, 0.2) is 0 Å². The molecule has 2 N–H and O–H groups in total. The van der Waals surface area contributed by atoms with Crippen molar-refractivity contribution in [2.45, 2.75) is 19.4 Å². The number of likely N-dealkylation sites (N-methyl/N-ethyl adjacent to an activating group) is 1. The van der Waals surface area contributed by atoms with Crippen LogP contribution in [0.5, 0.6) is 0 Å². The van der Waals surface area contributed by atoms with Gasteiger partial charge in [0.25, 0.3) is 5.91 Å². The molecule has 1 saturated heterocycles. The minimum Gasteiger partial charge on any atom is -0.369 e. The van der Waals surface area contributed by atoms with Gasteiger partial charge in [-0.15, -0.1) is 0 Å². The van der Waals surface area contributed by atoms with Crippen LogP contribution in [-0.2, 0) is 11.2 Å². The van der Waals surface area contributed by atoms with Crippen molar-refractivity contribution < 1.29 is 9.59 Å². The summed E-state index contributed by atoms with van der Waals surface area (Å²) < 4.78 is 0. The minimum atomic E-state index is -0.697. The van der Waals surface area contributed by atoms with E-state index >= 15 is 0 Å². The Hall–Kier alpha value is -3.64. The Labute approximate surface area is 201 Å². The molecule has 6 nitrogen and oxygen atoms in total. The number of hydrogen-bond donors (Lipinski definition) is 2. The molecule has 34 heavy (non-hydrogen) atoms. The Bertz CT molecular complexity index is 1060. The Morgan fingerprint density at radius 1 is 0.824 bits per heavy atom. The molecule has 1 aliphatic heterocycles. The van der Waals surface area contributed by atoms with E-state index in [1.54, 1.807) is 12.1 Å². The van der Waals surface area contributed by atoms with E-state index in [9.17, 15) is 9.59 Å². The van der Waals surface area contributed by atoms with Gasteiger partial charge < -0.3 is 20.4 Å². The molecule has 1 fully saturated rings. The van der Waals surface area contributed by atoms with E-state index in [4.69, 9.17) is 0 Å². The molecule has 0 unspecified atom stereocenters. The number of hydrogen-bond acceptors (Lipinski definition) is 4. The first-order chi connectivity index (χ1) is 16.6. The van der Waals surface area contributed by atoms with Crippen LogP contribution >= 0.6 is 0 Å². The highest BCUT2D eigenvalue weighted by Crippen LogP contribution is 2.20. The molecule has 1 aliphatic rings. The predicted molar refractivity (Wildman–Crippen MR) is 137 cm³/mol. The van der Waals surface area contributed by atoms with E-state index in [0.717, 1.165) is 44.0 Å². The van der Waals surface area contributed by atoms with Gasteiger partial charge >= 0.3 is 0 Å². The molecule has 0 saturated carbocycles. The fraction of sp³-hybridized carbons (Fsp3) is 0.286. The predicted octanol–water partition coefficient (Wildman–Crippen LogP) is 3.81. The lowest BCUT2D eigenvalue weighted by Crippen LogP contribution is -2.46. The number of rotatable bonds is 8. The molecule has 176 valence electrons. The SMILES string of the molecule is CCN1CCN(c2ccc(NC(=O)[C@@H](Cc3ccccc3)NC(=O)c3ccccc3)cc2)CC1. The highest BCUT2D eigenvalue weighted by atomic mass is 16.2. The minimum absolute atomic E-state index is 0.238. The van der Waals surface area contributed by atoms with Crippen LogP contribution in [0, 0.1) is 0 Å². The summed E-state index contributed by atoms with van der Waals surface area (Å²) >= 11 is 0. The Balaban J connectivity index is 1.42. The molecule has 0 aliphatic carbocycles. The van der Waals surface area contributed by atoms with Crippen LogP contribution in [0.25, 0.3) is 0 Å². The average Bonchev–Trinajstić information content (AvgIpc) is 2.90. The number of nitrogens with one attached hydrogen (secondary N) is 2. The molecule has 0 bridgehead atoms. The molecule has 0 spiro atoms. The molecule has 3 aromatic carbocycles. The fourth-order valence-electron chi connectivity index (χ4n) is 4.20. The summed E-state index contributed by atoms with van der Waals surface area (Å²) in [5.74, 6) is -0.504. The number of anilines is 2. The molecular formula is C28H32N4O2. The van der Waals surface area contributed by atoms with E-state index in [0.29, 0.717) is 17.7 Å². The largest absolute Gasteiger partial charge is 0.369 e. The van der Waals surface area contributed by atoms with Crippen LogP contribution < -0.4 is 15.5 Å². The van der Waals surface area contributed by atoms with Gasteiger partial charge in [-0.1, -0.05) is 55.5 Å². The van der Waals surface area contributed by atoms with E-state index in [2.05, 4.69) is 27.4 Å². The number of benzene rings is 3. The quantitative estimate of drug-likeness (QED) is 0.541. The van der Waals surface area contributed by atoms with Crippen LogP contribution in [-0.4, -0.2) is 55.5 Å². The molecule has 1 heterocycles. The lowest BCUT2D eigenvalue weighted by Gasteiger charge is -2.35. The molecule has 4 rings (SSSR count). The third kappa shape index (κ3) is 6.23. The average molecular weight is 457 g/mol. The normalized spacial score (nSPS) is 14.9. The number of nitrogens with zero attached hydrogens (tertiary/aromatic N) is 2. The van der Waals surface area contributed by atoms with Crippen molar-refractivity contribution in [1.29, 1.82) is 0 Å². The molecule has 0 radical (unpaired) electrons. The summed E-state index contributed by atoms with van der Waals surface area (Å²) in [4.78, 5) is 30.8. The lowest BCUT2D eigenvalue weighted by molar-refractivity contribution is -0.118. The number of amides is 2. The molecular weight excluding hydrogens is 424 g/mol. The topological polar surface area (TPSA) is 64.7 Å². The first kappa shape index (κ1) is 23.5.